The van der Waals surface area contributed by atoms with Crippen LogP contribution in [0.3, 0.4) is 0 Å². The van der Waals surface area contributed by atoms with Crippen molar-refractivity contribution >= 4 is 39.6 Å². The molecule has 0 unspecified atom stereocenters. The van der Waals surface area contributed by atoms with Crippen molar-refractivity contribution in [3.05, 3.63) is 63.1 Å². The summed E-state index contributed by atoms with van der Waals surface area (Å²) in [7, 11) is 0. The summed E-state index contributed by atoms with van der Waals surface area (Å²) in [5, 5.41) is 9.15. The number of benzene rings is 2. The average molecular weight is 368 g/mol. The molecule has 0 atom stereocenters. The molecule has 5 heteroatoms. The van der Waals surface area contributed by atoms with Crippen molar-refractivity contribution in [3.63, 3.8) is 0 Å². The van der Waals surface area contributed by atoms with Gasteiger partial charge < -0.3 is 9.84 Å². The lowest BCUT2D eigenvalue weighted by atomic mass is 10.1. The third-order valence-electron chi connectivity index (χ3n) is 2.77. The molecule has 0 spiro atoms. The molecule has 21 heavy (non-hydrogen) atoms. The normalized spacial score (nSPS) is 10.8. The molecule has 0 saturated carbocycles. The highest BCUT2D eigenvalue weighted by Crippen LogP contribution is 2.32. The van der Waals surface area contributed by atoms with Gasteiger partial charge in [-0.15, -0.1) is 0 Å². The number of hydrogen-bond donors (Lipinski definition) is 1. The molecule has 2 rings (SSSR count). The van der Waals surface area contributed by atoms with E-state index in [4.69, 9.17) is 21.4 Å². The van der Waals surface area contributed by atoms with E-state index in [-0.39, 0.29) is 0 Å². The smallest absolute Gasteiger partial charge is 0.328 e. The maximum Gasteiger partial charge on any atom is 0.328 e. The molecule has 0 aliphatic rings. The van der Waals surface area contributed by atoms with Crippen molar-refractivity contribution in [1.82, 2.24) is 0 Å². The number of carbonyl (C=O) groups is 1. The summed E-state index contributed by atoms with van der Waals surface area (Å²) in [5.74, 6) is 0.230. The van der Waals surface area contributed by atoms with Gasteiger partial charge in [0.2, 0.25) is 0 Å². The van der Waals surface area contributed by atoms with Gasteiger partial charge in [-0.25, -0.2) is 4.79 Å². The lowest BCUT2D eigenvalue weighted by Crippen LogP contribution is -1.89. The van der Waals surface area contributed by atoms with Gasteiger partial charge in [-0.3, -0.25) is 0 Å². The molecule has 0 heterocycles. The third-order valence-corrected chi connectivity index (χ3v) is 3.56. The third kappa shape index (κ3) is 4.34. The lowest BCUT2D eigenvalue weighted by Gasteiger charge is -2.09. The minimum atomic E-state index is -0.976. The number of carboxylic acid groups (broad SMARTS) is 1. The summed E-state index contributed by atoms with van der Waals surface area (Å²) in [6.45, 7) is 1.89. The Kier molecular flexibility index (Phi) is 5.04. The van der Waals surface area contributed by atoms with Gasteiger partial charge in [-0.2, -0.15) is 0 Å². The first-order valence-corrected chi connectivity index (χ1v) is 7.27. The van der Waals surface area contributed by atoms with E-state index in [1.54, 1.807) is 30.3 Å². The van der Waals surface area contributed by atoms with Crippen molar-refractivity contribution in [2.24, 2.45) is 0 Å². The van der Waals surface area contributed by atoms with Crippen LogP contribution in [0.2, 0.25) is 5.02 Å². The van der Waals surface area contributed by atoms with E-state index in [1.807, 2.05) is 19.1 Å². The summed E-state index contributed by atoms with van der Waals surface area (Å²) in [6.07, 6.45) is 2.66. The molecule has 0 amide bonds. The Morgan fingerprint density at radius 2 is 2.05 bits per heavy atom. The number of aryl methyl sites for hydroxylation is 1. The van der Waals surface area contributed by atoms with Crippen molar-refractivity contribution in [2.45, 2.75) is 6.92 Å². The molecule has 108 valence electrons. The maximum absolute atomic E-state index is 10.5. The fourth-order valence-corrected chi connectivity index (χ4v) is 2.46. The SMILES string of the molecule is Cc1cc(Oc2ccc(Br)cc2Cl)ccc1C=CC(=O)O. The van der Waals surface area contributed by atoms with Gasteiger partial charge in [0.1, 0.15) is 11.5 Å². The van der Waals surface area contributed by atoms with Crippen LogP contribution in [0.1, 0.15) is 11.1 Å². The Morgan fingerprint density at radius 1 is 1.29 bits per heavy atom. The van der Waals surface area contributed by atoms with Gasteiger partial charge in [-0.05, 0) is 54.5 Å². The highest BCUT2D eigenvalue weighted by atomic mass is 79.9. The van der Waals surface area contributed by atoms with E-state index in [1.165, 1.54) is 0 Å². The standard InChI is InChI=1S/C16H12BrClO3/c1-10-8-13(5-2-11(10)3-7-16(19)20)21-15-6-4-12(17)9-14(15)18/h2-9H,1H3,(H,19,20). The van der Waals surface area contributed by atoms with E-state index in [0.29, 0.717) is 16.5 Å². The van der Waals surface area contributed by atoms with Crippen molar-refractivity contribution in [1.29, 1.82) is 0 Å². The second-order valence-electron chi connectivity index (χ2n) is 4.37. The van der Waals surface area contributed by atoms with Crippen LogP contribution in [0.4, 0.5) is 0 Å². The number of aliphatic carboxylic acids is 1. The first-order chi connectivity index (χ1) is 9.95. The fourth-order valence-electron chi connectivity index (χ4n) is 1.74. The van der Waals surface area contributed by atoms with Crippen LogP contribution in [-0.2, 0) is 4.79 Å². The minimum absolute atomic E-state index is 0.511. The minimum Gasteiger partial charge on any atom is -0.478 e. The molecule has 0 fully saturated rings. The van der Waals surface area contributed by atoms with Crippen LogP contribution in [0.15, 0.2) is 46.9 Å². The topological polar surface area (TPSA) is 46.5 Å². The molecule has 0 aliphatic carbocycles. The first-order valence-electron chi connectivity index (χ1n) is 6.10. The van der Waals surface area contributed by atoms with Crippen molar-refractivity contribution in [3.8, 4) is 11.5 Å². The number of carboxylic acids is 1. The molecular formula is C16H12BrClO3. The highest BCUT2D eigenvalue weighted by molar-refractivity contribution is 9.10. The van der Waals surface area contributed by atoms with Gasteiger partial charge in [0.05, 0.1) is 5.02 Å². The second-order valence-corrected chi connectivity index (χ2v) is 5.69. The molecule has 0 bridgehead atoms. The number of rotatable bonds is 4. The van der Waals surface area contributed by atoms with Gasteiger partial charge in [0.15, 0.2) is 0 Å². The van der Waals surface area contributed by atoms with E-state index in [2.05, 4.69) is 15.9 Å². The molecule has 1 N–H and O–H groups in total. The molecule has 0 saturated heterocycles. The van der Waals surface area contributed by atoms with Gasteiger partial charge >= 0.3 is 5.97 Å². The largest absolute Gasteiger partial charge is 0.478 e. The summed E-state index contributed by atoms with van der Waals surface area (Å²) in [6, 6.07) is 10.8. The maximum atomic E-state index is 10.5. The predicted octanol–water partition coefficient (Wildman–Crippen LogP) is 5.30. The average Bonchev–Trinajstić information content (AvgIpc) is 2.41. The van der Waals surface area contributed by atoms with Gasteiger partial charge in [0, 0.05) is 10.5 Å². The van der Waals surface area contributed by atoms with E-state index >= 15 is 0 Å². The Bertz CT molecular complexity index is 711. The van der Waals surface area contributed by atoms with Crippen LogP contribution in [-0.4, -0.2) is 11.1 Å². The summed E-state index contributed by atoms with van der Waals surface area (Å²) >= 11 is 9.44. The van der Waals surface area contributed by atoms with Crippen LogP contribution >= 0.6 is 27.5 Å². The van der Waals surface area contributed by atoms with Gasteiger partial charge in [-0.1, -0.05) is 33.6 Å². The Hall–Kier alpha value is -1.78. The molecule has 3 nitrogen and oxygen atoms in total. The summed E-state index contributed by atoms with van der Waals surface area (Å²) < 4.78 is 6.61. The molecule has 0 radical (unpaired) electrons. The molecule has 2 aromatic carbocycles. The van der Waals surface area contributed by atoms with Crippen molar-refractivity contribution < 1.29 is 14.6 Å². The van der Waals surface area contributed by atoms with Crippen LogP contribution in [0.5, 0.6) is 11.5 Å². The summed E-state index contributed by atoms with van der Waals surface area (Å²) in [4.78, 5) is 10.5. The number of halogens is 2. The highest BCUT2D eigenvalue weighted by Gasteiger charge is 2.05. The Balaban J connectivity index is 2.22. The second kappa shape index (κ2) is 6.78. The number of ether oxygens (including phenoxy) is 1. The predicted molar refractivity (Wildman–Crippen MR) is 87.1 cm³/mol. The fraction of sp³-hybridized carbons (Fsp3) is 0.0625. The molecule has 0 aliphatic heterocycles. The van der Waals surface area contributed by atoms with Gasteiger partial charge in [0.25, 0.3) is 0 Å². The monoisotopic (exact) mass is 366 g/mol. The zero-order valence-corrected chi connectivity index (χ0v) is 13.5. The van der Waals surface area contributed by atoms with Crippen LogP contribution in [0, 0.1) is 6.92 Å². The zero-order chi connectivity index (χ0) is 15.4. The molecular weight excluding hydrogens is 356 g/mol. The number of hydrogen-bond acceptors (Lipinski definition) is 2. The summed E-state index contributed by atoms with van der Waals surface area (Å²) in [5.41, 5.74) is 1.74. The quantitative estimate of drug-likeness (QED) is 0.746. The zero-order valence-electron chi connectivity index (χ0n) is 11.1. The molecule has 0 aromatic heterocycles. The molecule has 2 aromatic rings. The lowest BCUT2D eigenvalue weighted by molar-refractivity contribution is -0.131. The first kappa shape index (κ1) is 15.6. The van der Waals surface area contributed by atoms with Crippen LogP contribution in [0.25, 0.3) is 6.08 Å². The van der Waals surface area contributed by atoms with Crippen LogP contribution < -0.4 is 4.74 Å². The van der Waals surface area contributed by atoms with E-state index in [0.717, 1.165) is 21.7 Å². The van der Waals surface area contributed by atoms with Crippen molar-refractivity contribution in [2.75, 3.05) is 0 Å². The Labute approximate surface area is 135 Å². The Morgan fingerprint density at radius 3 is 2.67 bits per heavy atom. The van der Waals surface area contributed by atoms with E-state index in [9.17, 15) is 4.79 Å². The van der Waals surface area contributed by atoms with E-state index < -0.39 is 5.97 Å².